The molecule has 1 nitrogen and oxygen atoms in total. The normalized spacial score (nSPS) is 12.9. The minimum Gasteiger partial charge on any atom is -0.309 e. The van der Waals surface area contributed by atoms with E-state index in [1.807, 2.05) is 0 Å². The van der Waals surface area contributed by atoms with Crippen LogP contribution in [0.5, 0.6) is 0 Å². The van der Waals surface area contributed by atoms with Crippen molar-refractivity contribution in [2.75, 3.05) is 4.90 Å². The van der Waals surface area contributed by atoms with E-state index in [0.29, 0.717) is 0 Å². The van der Waals surface area contributed by atoms with Gasteiger partial charge in [-0.1, -0.05) is 159 Å². The molecule has 8 aromatic rings. The number of anilines is 3. The highest BCUT2D eigenvalue weighted by Crippen LogP contribution is 2.59. The van der Waals surface area contributed by atoms with Gasteiger partial charge in [-0.2, -0.15) is 0 Å². The van der Waals surface area contributed by atoms with Crippen molar-refractivity contribution in [3.05, 3.63) is 187 Å². The Kier molecular flexibility index (Phi) is 7.36. The van der Waals surface area contributed by atoms with E-state index in [0.717, 1.165) is 24.2 Å². The number of para-hydroxylation sites is 1. The molecule has 0 saturated carbocycles. The topological polar surface area (TPSA) is 3.24 Å². The third-order valence-electron chi connectivity index (χ3n) is 11.1. The Hall–Kier alpha value is -5.92. The lowest BCUT2D eigenvalue weighted by Crippen LogP contribution is -2.23. The molecule has 50 heavy (non-hydrogen) atoms. The van der Waals surface area contributed by atoms with Crippen LogP contribution in [0.25, 0.3) is 54.9 Å². The van der Waals surface area contributed by atoms with Crippen molar-refractivity contribution < 1.29 is 0 Å². The van der Waals surface area contributed by atoms with Crippen molar-refractivity contribution in [3.63, 3.8) is 0 Å². The van der Waals surface area contributed by atoms with E-state index in [1.54, 1.807) is 0 Å². The fourth-order valence-electron chi connectivity index (χ4n) is 8.69. The van der Waals surface area contributed by atoms with Gasteiger partial charge in [0.05, 0.1) is 5.69 Å². The molecule has 0 spiro atoms. The summed E-state index contributed by atoms with van der Waals surface area (Å²) in [4.78, 5) is 2.50. The average molecular weight is 642 g/mol. The third-order valence-corrected chi connectivity index (χ3v) is 11.1. The lowest BCUT2D eigenvalue weighted by Gasteiger charge is -2.32. The molecule has 0 saturated heterocycles. The highest BCUT2D eigenvalue weighted by atomic mass is 15.1. The standard InChI is InChI=1S/C49H39N/c1-3-49(4-2)45-28-15-14-26-44(45)47-46(49)33-36-18-9-11-24-41(36)48(47)50(37-20-6-5-7-21-37)38-31-29-35(30-32-38)40-23-12-13-25-42(40)43-27-16-19-34-17-8-10-22-39(34)43/h5-33H,3-4H2,1-2H3. The summed E-state index contributed by atoms with van der Waals surface area (Å²) in [5.41, 5.74) is 14.1. The van der Waals surface area contributed by atoms with Crippen LogP contribution < -0.4 is 4.90 Å². The summed E-state index contributed by atoms with van der Waals surface area (Å²) in [6, 6.07) is 64.8. The Balaban J connectivity index is 1.26. The predicted octanol–water partition coefficient (Wildman–Crippen LogP) is 13.9. The van der Waals surface area contributed by atoms with Crippen LogP contribution in [0.1, 0.15) is 37.8 Å². The third kappa shape index (κ3) is 4.61. The fourth-order valence-corrected chi connectivity index (χ4v) is 8.69. The molecule has 0 heterocycles. The first-order valence-electron chi connectivity index (χ1n) is 17.9. The van der Waals surface area contributed by atoms with Crippen LogP contribution in [0.4, 0.5) is 17.1 Å². The number of fused-ring (bicyclic) bond motifs is 5. The maximum atomic E-state index is 2.50. The molecule has 0 aromatic heterocycles. The fraction of sp³-hybridized carbons (Fsp3) is 0.102. The first-order chi connectivity index (χ1) is 24.7. The monoisotopic (exact) mass is 641 g/mol. The van der Waals surface area contributed by atoms with Crippen molar-refractivity contribution in [1.82, 2.24) is 0 Å². The quantitative estimate of drug-likeness (QED) is 0.167. The number of hydrogen-bond acceptors (Lipinski definition) is 1. The van der Waals surface area contributed by atoms with Crippen LogP contribution in [0.3, 0.4) is 0 Å². The molecule has 1 heteroatoms. The SMILES string of the molecule is CCC1(CC)c2ccccc2-c2c1cc1ccccc1c2N(c1ccccc1)c1ccc(-c2ccccc2-c2cccc3ccccc23)cc1. The largest absolute Gasteiger partial charge is 0.309 e. The van der Waals surface area contributed by atoms with Crippen LogP contribution in [0.2, 0.25) is 0 Å². The van der Waals surface area contributed by atoms with E-state index < -0.39 is 0 Å². The zero-order chi connectivity index (χ0) is 33.7. The number of nitrogens with zero attached hydrogens (tertiary/aromatic N) is 1. The van der Waals surface area contributed by atoms with Gasteiger partial charge in [0.15, 0.2) is 0 Å². The molecular weight excluding hydrogens is 603 g/mol. The van der Waals surface area contributed by atoms with Crippen LogP contribution >= 0.6 is 0 Å². The van der Waals surface area contributed by atoms with Crippen molar-refractivity contribution in [1.29, 1.82) is 0 Å². The molecule has 1 aliphatic carbocycles. The molecule has 0 atom stereocenters. The number of rotatable bonds is 7. The Morgan fingerprint density at radius 1 is 0.420 bits per heavy atom. The van der Waals surface area contributed by atoms with E-state index in [-0.39, 0.29) is 5.41 Å². The summed E-state index contributed by atoms with van der Waals surface area (Å²) in [5.74, 6) is 0. The first kappa shape index (κ1) is 30.2. The lowest BCUT2D eigenvalue weighted by atomic mass is 9.73. The zero-order valence-corrected chi connectivity index (χ0v) is 28.6. The van der Waals surface area contributed by atoms with Gasteiger partial charge in [0.25, 0.3) is 0 Å². The van der Waals surface area contributed by atoms with Gasteiger partial charge in [-0.3, -0.25) is 0 Å². The highest BCUT2D eigenvalue weighted by Gasteiger charge is 2.43. The molecule has 0 fully saturated rings. The zero-order valence-electron chi connectivity index (χ0n) is 28.6. The van der Waals surface area contributed by atoms with Crippen LogP contribution in [-0.2, 0) is 5.41 Å². The Morgan fingerprint density at radius 3 is 1.74 bits per heavy atom. The molecule has 8 aromatic carbocycles. The summed E-state index contributed by atoms with van der Waals surface area (Å²) >= 11 is 0. The van der Waals surface area contributed by atoms with Gasteiger partial charge in [-0.15, -0.1) is 0 Å². The van der Waals surface area contributed by atoms with E-state index >= 15 is 0 Å². The molecule has 240 valence electrons. The summed E-state index contributed by atoms with van der Waals surface area (Å²) in [5, 5.41) is 5.07. The summed E-state index contributed by atoms with van der Waals surface area (Å²) < 4.78 is 0. The maximum Gasteiger partial charge on any atom is 0.0621 e. The minimum atomic E-state index is -0.0256. The van der Waals surface area contributed by atoms with Gasteiger partial charge in [-0.25, -0.2) is 0 Å². The molecule has 9 rings (SSSR count). The second kappa shape index (κ2) is 12.2. The van der Waals surface area contributed by atoms with Crippen LogP contribution in [0, 0.1) is 0 Å². The maximum absolute atomic E-state index is 2.50. The smallest absolute Gasteiger partial charge is 0.0621 e. The molecule has 0 amide bonds. The van der Waals surface area contributed by atoms with Gasteiger partial charge in [0, 0.05) is 27.7 Å². The number of benzene rings is 8. The van der Waals surface area contributed by atoms with E-state index in [4.69, 9.17) is 0 Å². The van der Waals surface area contributed by atoms with E-state index in [9.17, 15) is 0 Å². The molecule has 0 aliphatic heterocycles. The second-order valence-electron chi connectivity index (χ2n) is 13.5. The predicted molar refractivity (Wildman–Crippen MR) is 214 cm³/mol. The molecule has 1 aliphatic rings. The average Bonchev–Trinajstić information content (AvgIpc) is 3.47. The molecule has 0 N–H and O–H groups in total. The molecule has 0 bridgehead atoms. The van der Waals surface area contributed by atoms with Gasteiger partial charge >= 0.3 is 0 Å². The lowest BCUT2D eigenvalue weighted by molar-refractivity contribution is 0.491. The van der Waals surface area contributed by atoms with E-state index in [1.165, 1.54) is 71.7 Å². The summed E-state index contributed by atoms with van der Waals surface area (Å²) in [7, 11) is 0. The van der Waals surface area contributed by atoms with Crippen LogP contribution in [-0.4, -0.2) is 0 Å². The molecular formula is C49H39N. The van der Waals surface area contributed by atoms with Crippen LogP contribution in [0.15, 0.2) is 176 Å². The van der Waals surface area contributed by atoms with Crippen molar-refractivity contribution >= 4 is 38.6 Å². The number of hydrogen-bond donors (Lipinski definition) is 0. The van der Waals surface area contributed by atoms with E-state index in [2.05, 4.69) is 195 Å². The van der Waals surface area contributed by atoms with Gasteiger partial charge in [-0.05, 0) is 98.3 Å². The van der Waals surface area contributed by atoms with Crippen molar-refractivity contribution in [2.45, 2.75) is 32.1 Å². The van der Waals surface area contributed by atoms with Gasteiger partial charge in [0.2, 0.25) is 0 Å². The Bertz CT molecular complexity index is 2500. The molecule has 0 unspecified atom stereocenters. The first-order valence-corrected chi connectivity index (χ1v) is 17.9. The Morgan fingerprint density at radius 2 is 0.980 bits per heavy atom. The van der Waals surface area contributed by atoms with Gasteiger partial charge < -0.3 is 4.90 Å². The highest BCUT2D eigenvalue weighted by molar-refractivity contribution is 6.10. The summed E-state index contributed by atoms with van der Waals surface area (Å²) in [6.45, 7) is 4.71. The van der Waals surface area contributed by atoms with Crippen molar-refractivity contribution in [2.24, 2.45) is 0 Å². The minimum absolute atomic E-state index is 0.0256. The second-order valence-corrected chi connectivity index (χ2v) is 13.5. The van der Waals surface area contributed by atoms with Crippen molar-refractivity contribution in [3.8, 4) is 33.4 Å². The molecule has 0 radical (unpaired) electrons. The Labute approximate surface area is 295 Å². The summed E-state index contributed by atoms with van der Waals surface area (Å²) in [6.07, 6.45) is 2.11. The van der Waals surface area contributed by atoms with Gasteiger partial charge in [0.1, 0.15) is 0 Å².